The van der Waals surface area contributed by atoms with Gasteiger partial charge in [-0.2, -0.15) is 0 Å². The van der Waals surface area contributed by atoms with Crippen LogP contribution < -0.4 is 10.1 Å². The van der Waals surface area contributed by atoms with Gasteiger partial charge in [0.25, 0.3) is 0 Å². The number of hydrogen-bond donors (Lipinski definition) is 1. The van der Waals surface area contributed by atoms with Gasteiger partial charge in [0.05, 0.1) is 7.11 Å². The van der Waals surface area contributed by atoms with Crippen LogP contribution >= 0.6 is 11.6 Å². The van der Waals surface area contributed by atoms with Crippen molar-refractivity contribution in [3.05, 3.63) is 71.8 Å². The van der Waals surface area contributed by atoms with Crippen LogP contribution in [-0.2, 0) is 6.54 Å². The maximum atomic E-state index is 5.96. The molecule has 0 saturated carbocycles. The second-order valence-corrected chi connectivity index (χ2v) is 6.13. The van der Waals surface area contributed by atoms with E-state index >= 15 is 0 Å². The van der Waals surface area contributed by atoms with Crippen molar-refractivity contribution in [3.8, 4) is 17.1 Å². The summed E-state index contributed by atoms with van der Waals surface area (Å²) in [7, 11) is 1.59. The molecule has 1 aromatic carbocycles. The standard InChI is InChI=1S/C19H16ClN5O/c1-26-17-9-16-24-18(14-3-2-8-21-11-14)19(25(16)12-23-17)22-10-13-4-6-15(20)7-5-13/h2-9,11-12,22H,10H2,1H3. The summed E-state index contributed by atoms with van der Waals surface area (Å²) in [6, 6.07) is 13.4. The zero-order chi connectivity index (χ0) is 17.9. The maximum absolute atomic E-state index is 5.96. The number of ether oxygens (including phenoxy) is 1. The molecule has 0 spiro atoms. The van der Waals surface area contributed by atoms with Crippen LogP contribution in [0.4, 0.5) is 5.82 Å². The van der Waals surface area contributed by atoms with Crippen LogP contribution in [0.25, 0.3) is 16.9 Å². The first-order valence-corrected chi connectivity index (χ1v) is 8.43. The Morgan fingerprint density at radius 1 is 1.19 bits per heavy atom. The van der Waals surface area contributed by atoms with E-state index in [9.17, 15) is 0 Å². The lowest BCUT2D eigenvalue weighted by molar-refractivity contribution is 0.397. The van der Waals surface area contributed by atoms with Gasteiger partial charge in [-0.1, -0.05) is 23.7 Å². The van der Waals surface area contributed by atoms with Gasteiger partial charge in [-0.25, -0.2) is 9.97 Å². The molecular weight excluding hydrogens is 350 g/mol. The number of pyridine rings is 1. The first-order chi connectivity index (χ1) is 12.7. The minimum Gasteiger partial charge on any atom is -0.481 e. The summed E-state index contributed by atoms with van der Waals surface area (Å²) in [4.78, 5) is 13.2. The summed E-state index contributed by atoms with van der Waals surface area (Å²) in [6.45, 7) is 0.629. The Hall–Kier alpha value is -3.12. The number of methoxy groups -OCH3 is 1. The van der Waals surface area contributed by atoms with Crippen molar-refractivity contribution in [1.29, 1.82) is 0 Å². The predicted molar refractivity (Wildman–Crippen MR) is 102 cm³/mol. The van der Waals surface area contributed by atoms with E-state index in [1.165, 1.54) is 0 Å². The number of nitrogens with one attached hydrogen (secondary N) is 1. The van der Waals surface area contributed by atoms with Crippen LogP contribution in [0.3, 0.4) is 0 Å². The zero-order valence-electron chi connectivity index (χ0n) is 14.1. The average molecular weight is 366 g/mol. The van der Waals surface area contributed by atoms with Crippen molar-refractivity contribution in [2.75, 3.05) is 12.4 Å². The monoisotopic (exact) mass is 365 g/mol. The third-order valence-corrected chi connectivity index (χ3v) is 4.26. The summed E-state index contributed by atoms with van der Waals surface area (Å²) < 4.78 is 7.11. The van der Waals surface area contributed by atoms with E-state index in [-0.39, 0.29) is 0 Å². The SMILES string of the molecule is COc1cc2nc(-c3cccnc3)c(NCc3ccc(Cl)cc3)n2cn1. The second-order valence-electron chi connectivity index (χ2n) is 5.69. The van der Waals surface area contributed by atoms with Crippen molar-refractivity contribution in [2.24, 2.45) is 0 Å². The highest BCUT2D eigenvalue weighted by atomic mass is 35.5. The fourth-order valence-corrected chi connectivity index (χ4v) is 2.83. The van der Waals surface area contributed by atoms with E-state index in [0.29, 0.717) is 12.4 Å². The molecule has 0 bridgehead atoms. The minimum absolute atomic E-state index is 0.518. The molecule has 4 aromatic rings. The number of hydrogen-bond acceptors (Lipinski definition) is 5. The number of anilines is 1. The highest BCUT2D eigenvalue weighted by Gasteiger charge is 2.15. The first-order valence-electron chi connectivity index (χ1n) is 8.05. The Bertz CT molecular complexity index is 1030. The molecule has 0 unspecified atom stereocenters. The summed E-state index contributed by atoms with van der Waals surface area (Å²) in [5.74, 6) is 1.36. The summed E-state index contributed by atoms with van der Waals surface area (Å²) in [6.07, 6.45) is 5.23. The summed E-state index contributed by atoms with van der Waals surface area (Å²) in [5, 5.41) is 4.18. The molecule has 4 rings (SSSR count). The lowest BCUT2D eigenvalue weighted by Crippen LogP contribution is -2.04. The number of benzene rings is 1. The summed E-state index contributed by atoms with van der Waals surface area (Å²) in [5.41, 5.74) is 3.59. The van der Waals surface area contributed by atoms with Crippen molar-refractivity contribution < 1.29 is 4.74 Å². The predicted octanol–water partition coefficient (Wildman–Crippen LogP) is 4.07. The van der Waals surface area contributed by atoms with E-state index < -0.39 is 0 Å². The van der Waals surface area contributed by atoms with E-state index in [1.807, 2.05) is 40.8 Å². The highest BCUT2D eigenvalue weighted by Crippen LogP contribution is 2.29. The van der Waals surface area contributed by atoms with Gasteiger partial charge >= 0.3 is 0 Å². The first kappa shape index (κ1) is 16.4. The van der Waals surface area contributed by atoms with E-state index in [0.717, 1.165) is 33.3 Å². The molecule has 0 saturated heterocycles. The molecule has 6 nitrogen and oxygen atoms in total. The Morgan fingerprint density at radius 2 is 2.04 bits per heavy atom. The molecule has 130 valence electrons. The van der Waals surface area contributed by atoms with E-state index in [1.54, 1.807) is 31.9 Å². The average Bonchev–Trinajstić information content (AvgIpc) is 3.06. The fourth-order valence-electron chi connectivity index (χ4n) is 2.70. The fraction of sp³-hybridized carbons (Fsp3) is 0.105. The van der Waals surface area contributed by atoms with Crippen LogP contribution in [0.15, 0.2) is 61.2 Å². The van der Waals surface area contributed by atoms with Crippen molar-refractivity contribution in [3.63, 3.8) is 0 Å². The molecule has 1 N–H and O–H groups in total. The largest absolute Gasteiger partial charge is 0.481 e. The summed E-state index contributed by atoms with van der Waals surface area (Å²) >= 11 is 5.96. The molecule has 3 heterocycles. The molecule has 0 aliphatic carbocycles. The highest BCUT2D eigenvalue weighted by molar-refractivity contribution is 6.30. The van der Waals surface area contributed by atoms with Gasteiger partial charge < -0.3 is 10.1 Å². The third kappa shape index (κ3) is 3.19. The Kier molecular flexibility index (Phi) is 4.41. The number of fused-ring (bicyclic) bond motifs is 1. The van der Waals surface area contributed by atoms with Gasteiger partial charge in [0, 0.05) is 35.6 Å². The molecule has 0 atom stereocenters. The lowest BCUT2D eigenvalue weighted by atomic mass is 10.2. The van der Waals surface area contributed by atoms with Gasteiger partial charge in [-0.3, -0.25) is 9.38 Å². The molecule has 3 aromatic heterocycles. The quantitative estimate of drug-likeness (QED) is 0.577. The molecule has 7 heteroatoms. The zero-order valence-corrected chi connectivity index (χ0v) is 14.8. The number of aromatic nitrogens is 4. The molecule has 0 amide bonds. The van der Waals surface area contributed by atoms with Crippen LogP contribution in [0.1, 0.15) is 5.56 Å². The molecule has 0 fully saturated rings. The van der Waals surface area contributed by atoms with Crippen LogP contribution in [0, 0.1) is 0 Å². The van der Waals surface area contributed by atoms with Crippen LogP contribution in [0.5, 0.6) is 5.88 Å². The van der Waals surface area contributed by atoms with Gasteiger partial charge in [-0.15, -0.1) is 0 Å². The molecule has 0 radical (unpaired) electrons. The third-order valence-electron chi connectivity index (χ3n) is 4.01. The Balaban J connectivity index is 1.76. The maximum Gasteiger partial charge on any atom is 0.218 e. The molecular formula is C19H16ClN5O. The van der Waals surface area contributed by atoms with Gasteiger partial charge in [-0.05, 0) is 29.8 Å². The van der Waals surface area contributed by atoms with Crippen molar-refractivity contribution in [2.45, 2.75) is 6.54 Å². The van der Waals surface area contributed by atoms with Crippen LogP contribution in [0.2, 0.25) is 5.02 Å². The van der Waals surface area contributed by atoms with Crippen LogP contribution in [-0.4, -0.2) is 26.5 Å². The van der Waals surface area contributed by atoms with E-state index in [2.05, 4.69) is 15.3 Å². The minimum atomic E-state index is 0.518. The number of halogens is 1. The molecule has 0 aliphatic rings. The van der Waals surface area contributed by atoms with Crippen molar-refractivity contribution in [1.82, 2.24) is 19.4 Å². The van der Waals surface area contributed by atoms with Gasteiger partial charge in [0.15, 0.2) is 0 Å². The number of imidazole rings is 1. The van der Waals surface area contributed by atoms with Gasteiger partial charge in [0.1, 0.15) is 23.5 Å². The number of rotatable bonds is 5. The second kappa shape index (κ2) is 7.01. The lowest BCUT2D eigenvalue weighted by Gasteiger charge is -2.09. The number of nitrogens with zero attached hydrogens (tertiary/aromatic N) is 4. The topological polar surface area (TPSA) is 64.3 Å². The Labute approximate surface area is 155 Å². The van der Waals surface area contributed by atoms with Crippen molar-refractivity contribution >= 4 is 23.1 Å². The van der Waals surface area contributed by atoms with E-state index in [4.69, 9.17) is 21.3 Å². The Morgan fingerprint density at radius 3 is 2.77 bits per heavy atom. The smallest absolute Gasteiger partial charge is 0.218 e. The van der Waals surface area contributed by atoms with Gasteiger partial charge in [0.2, 0.25) is 5.88 Å². The molecule has 26 heavy (non-hydrogen) atoms. The normalized spacial score (nSPS) is 10.8. The molecule has 0 aliphatic heterocycles.